The standard InChI is InChI=1S/C31H35F3N6O4/c1-36(2)28(41)19-6-8-21(9-7-19)39-17-14-23-26(30(39)43)40(35-27(23)31(32,33)34)25-11-10-22(44-5)18-24(25)29(42)38(4)20-12-15-37(3)16-13-20/h6-11,18,20H,12-17H2,1-5H3. The number of benzene rings is 2. The molecule has 0 spiro atoms. The molecule has 234 valence electrons. The molecule has 3 heterocycles. The van der Waals surface area contributed by atoms with Crippen molar-refractivity contribution >= 4 is 23.4 Å². The average molecular weight is 613 g/mol. The van der Waals surface area contributed by atoms with Crippen molar-refractivity contribution < 1.29 is 32.3 Å². The predicted octanol–water partition coefficient (Wildman–Crippen LogP) is 3.97. The van der Waals surface area contributed by atoms with E-state index < -0.39 is 23.7 Å². The second kappa shape index (κ2) is 11.9. The zero-order valence-electron chi connectivity index (χ0n) is 25.3. The molecule has 44 heavy (non-hydrogen) atoms. The van der Waals surface area contributed by atoms with E-state index in [0.717, 1.165) is 30.6 Å². The molecule has 0 unspecified atom stereocenters. The monoisotopic (exact) mass is 612 g/mol. The number of piperidine rings is 1. The smallest absolute Gasteiger partial charge is 0.435 e. The number of fused-ring (bicyclic) bond motifs is 1. The molecule has 2 aromatic carbocycles. The lowest BCUT2D eigenvalue weighted by atomic mass is 10.0. The lowest BCUT2D eigenvalue weighted by Crippen LogP contribution is -2.44. The van der Waals surface area contributed by atoms with Gasteiger partial charge in [-0.1, -0.05) is 0 Å². The van der Waals surface area contributed by atoms with E-state index in [2.05, 4.69) is 10.00 Å². The quantitative estimate of drug-likeness (QED) is 0.419. The van der Waals surface area contributed by atoms with Crippen LogP contribution >= 0.6 is 0 Å². The zero-order chi connectivity index (χ0) is 31.9. The highest BCUT2D eigenvalue weighted by Crippen LogP contribution is 2.38. The number of hydrogen-bond donors (Lipinski definition) is 0. The van der Waals surface area contributed by atoms with Crippen molar-refractivity contribution in [2.24, 2.45) is 0 Å². The third kappa shape index (κ3) is 5.75. The average Bonchev–Trinajstić information content (AvgIpc) is 3.41. The van der Waals surface area contributed by atoms with Crippen LogP contribution in [-0.4, -0.2) is 103 Å². The molecule has 10 nitrogen and oxygen atoms in total. The lowest BCUT2D eigenvalue weighted by Gasteiger charge is -2.35. The van der Waals surface area contributed by atoms with E-state index in [0.29, 0.717) is 17.0 Å². The minimum atomic E-state index is -4.83. The highest BCUT2D eigenvalue weighted by Gasteiger charge is 2.44. The molecule has 13 heteroatoms. The Hall–Kier alpha value is -4.39. The van der Waals surface area contributed by atoms with E-state index in [-0.39, 0.29) is 47.4 Å². The maximum absolute atomic E-state index is 14.3. The van der Waals surface area contributed by atoms with Gasteiger partial charge in [0.25, 0.3) is 17.7 Å². The normalized spacial score (nSPS) is 16.1. The Balaban J connectivity index is 1.59. The number of rotatable bonds is 6. The SMILES string of the molecule is COc1ccc(-n2nc(C(F)(F)F)c3c2C(=O)N(c2ccc(C(=O)N(C)C)cc2)CC3)c(C(=O)N(C)C2CCN(C)CC2)c1. The topological polar surface area (TPSA) is 91.2 Å². The summed E-state index contributed by atoms with van der Waals surface area (Å²) in [5.41, 5.74) is -0.709. The Kier molecular flexibility index (Phi) is 8.43. The van der Waals surface area contributed by atoms with Gasteiger partial charge in [0, 0.05) is 50.5 Å². The van der Waals surface area contributed by atoms with Crippen LogP contribution in [0.3, 0.4) is 0 Å². The van der Waals surface area contributed by atoms with Gasteiger partial charge in [-0.25, -0.2) is 4.68 Å². The molecule has 2 aliphatic heterocycles. The van der Waals surface area contributed by atoms with Gasteiger partial charge >= 0.3 is 6.18 Å². The summed E-state index contributed by atoms with van der Waals surface area (Å²) >= 11 is 0. The van der Waals surface area contributed by atoms with E-state index in [1.807, 2.05) is 7.05 Å². The number of likely N-dealkylation sites (tertiary alicyclic amines) is 1. The summed E-state index contributed by atoms with van der Waals surface area (Å²) < 4.78 is 49.2. The minimum absolute atomic E-state index is 0.0190. The summed E-state index contributed by atoms with van der Waals surface area (Å²) in [6, 6.07) is 10.7. The molecule has 5 rings (SSSR count). The third-order valence-electron chi connectivity index (χ3n) is 8.34. The molecular formula is C31H35F3N6O4. The maximum Gasteiger partial charge on any atom is 0.435 e. The number of carbonyl (C=O) groups excluding carboxylic acids is 3. The summed E-state index contributed by atoms with van der Waals surface area (Å²) in [5, 5.41) is 3.92. The molecular weight excluding hydrogens is 577 g/mol. The first kappa shape index (κ1) is 31.0. The summed E-state index contributed by atoms with van der Waals surface area (Å²) in [7, 11) is 8.36. The fourth-order valence-corrected chi connectivity index (χ4v) is 5.79. The summed E-state index contributed by atoms with van der Waals surface area (Å²) in [4.78, 5) is 46.8. The number of aromatic nitrogens is 2. The van der Waals surface area contributed by atoms with Gasteiger partial charge in [-0.2, -0.15) is 18.3 Å². The fraction of sp³-hybridized carbons (Fsp3) is 0.419. The highest BCUT2D eigenvalue weighted by atomic mass is 19.4. The first-order chi connectivity index (χ1) is 20.8. The summed E-state index contributed by atoms with van der Waals surface area (Å²) in [6.07, 6.45) is -3.43. The van der Waals surface area contributed by atoms with Gasteiger partial charge in [0.15, 0.2) is 5.69 Å². The largest absolute Gasteiger partial charge is 0.497 e. The molecule has 1 fully saturated rings. The number of methoxy groups -OCH3 is 1. The molecule has 0 aliphatic carbocycles. The Labute approximate surface area is 253 Å². The number of carbonyl (C=O) groups is 3. The van der Waals surface area contributed by atoms with Crippen molar-refractivity contribution in [3.63, 3.8) is 0 Å². The molecule has 0 saturated carbocycles. The number of amides is 3. The Bertz CT molecular complexity index is 1580. The van der Waals surface area contributed by atoms with Crippen molar-refractivity contribution in [2.45, 2.75) is 31.5 Å². The lowest BCUT2D eigenvalue weighted by molar-refractivity contribution is -0.141. The summed E-state index contributed by atoms with van der Waals surface area (Å²) in [5.74, 6) is -0.990. The van der Waals surface area contributed by atoms with Crippen LogP contribution in [0.5, 0.6) is 5.75 Å². The fourth-order valence-electron chi connectivity index (χ4n) is 5.79. The van der Waals surface area contributed by atoms with Crippen LogP contribution in [-0.2, 0) is 12.6 Å². The van der Waals surface area contributed by atoms with Crippen LogP contribution in [0.1, 0.15) is 55.3 Å². The number of hydrogen-bond acceptors (Lipinski definition) is 6. The van der Waals surface area contributed by atoms with Gasteiger partial charge in [0.2, 0.25) is 0 Å². The van der Waals surface area contributed by atoms with E-state index in [4.69, 9.17) is 4.74 Å². The number of alkyl halides is 3. The summed E-state index contributed by atoms with van der Waals surface area (Å²) in [6.45, 7) is 1.60. The van der Waals surface area contributed by atoms with Crippen LogP contribution in [0.4, 0.5) is 18.9 Å². The molecule has 3 aromatic rings. The Morgan fingerprint density at radius 1 is 0.977 bits per heavy atom. The van der Waals surface area contributed by atoms with Crippen LogP contribution < -0.4 is 9.64 Å². The van der Waals surface area contributed by atoms with Crippen LogP contribution in [0.25, 0.3) is 5.69 Å². The van der Waals surface area contributed by atoms with Crippen molar-refractivity contribution in [1.29, 1.82) is 0 Å². The predicted molar refractivity (Wildman–Crippen MR) is 158 cm³/mol. The number of halogens is 3. The van der Waals surface area contributed by atoms with Gasteiger partial charge in [0.05, 0.1) is 18.4 Å². The van der Waals surface area contributed by atoms with Gasteiger partial charge < -0.3 is 24.3 Å². The van der Waals surface area contributed by atoms with Crippen molar-refractivity contribution in [2.75, 3.05) is 59.8 Å². The molecule has 2 aliphatic rings. The molecule has 0 bridgehead atoms. The van der Waals surface area contributed by atoms with Crippen molar-refractivity contribution in [3.05, 3.63) is 70.5 Å². The molecule has 3 amide bonds. The number of ether oxygens (including phenoxy) is 1. The van der Waals surface area contributed by atoms with E-state index in [1.165, 1.54) is 35.1 Å². The van der Waals surface area contributed by atoms with E-state index in [1.54, 1.807) is 50.3 Å². The van der Waals surface area contributed by atoms with Gasteiger partial charge in [-0.3, -0.25) is 14.4 Å². The van der Waals surface area contributed by atoms with Gasteiger partial charge in [-0.05, 0) is 81.9 Å². The van der Waals surface area contributed by atoms with Crippen LogP contribution in [0, 0.1) is 0 Å². The van der Waals surface area contributed by atoms with Crippen molar-refractivity contribution in [3.8, 4) is 11.4 Å². The third-order valence-corrected chi connectivity index (χ3v) is 8.34. The molecule has 1 aromatic heterocycles. The maximum atomic E-state index is 14.3. The molecule has 0 radical (unpaired) electrons. The minimum Gasteiger partial charge on any atom is -0.497 e. The zero-order valence-corrected chi connectivity index (χ0v) is 25.3. The van der Waals surface area contributed by atoms with Crippen LogP contribution in [0.2, 0.25) is 0 Å². The van der Waals surface area contributed by atoms with Crippen molar-refractivity contribution in [1.82, 2.24) is 24.5 Å². The highest BCUT2D eigenvalue weighted by molar-refractivity contribution is 6.08. The second-order valence-corrected chi connectivity index (χ2v) is 11.4. The molecule has 0 N–H and O–H groups in total. The molecule has 1 saturated heterocycles. The first-order valence-corrected chi connectivity index (χ1v) is 14.3. The van der Waals surface area contributed by atoms with E-state index in [9.17, 15) is 27.6 Å². The number of nitrogens with zero attached hydrogens (tertiary/aromatic N) is 6. The van der Waals surface area contributed by atoms with E-state index >= 15 is 0 Å². The Morgan fingerprint density at radius 3 is 2.23 bits per heavy atom. The Morgan fingerprint density at radius 2 is 1.64 bits per heavy atom. The number of anilines is 1. The molecule has 0 atom stereocenters. The second-order valence-electron chi connectivity index (χ2n) is 11.4. The van der Waals surface area contributed by atoms with Gasteiger partial charge in [0.1, 0.15) is 11.4 Å². The first-order valence-electron chi connectivity index (χ1n) is 14.3. The van der Waals surface area contributed by atoms with Crippen LogP contribution in [0.15, 0.2) is 42.5 Å². The van der Waals surface area contributed by atoms with Gasteiger partial charge in [-0.15, -0.1) is 0 Å².